The van der Waals surface area contributed by atoms with Crippen LogP contribution >= 0.6 is 0 Å². The average Bonchev–Trinajstić information content (AvgIpc) is 3.89. The maximum atomic E-state index is 7.49. The third kappa shape index (κ3) is 8.54. The number of ether oxygens (including phenoxy) is 1. The van der Waals surface area contributed by atoms with E-state index in [9.17, 15) is 0 Å². The van der Waals surface area contributed by atoms with Crippen LogP contribution in [-0.4, -0.2) is 70.2 Å². The van der Waals surface area contributed by atoms with Crippen molar-refractivity contribution in [3.8, 4) is 5.75 Å². The molecule has 0 radical (unpaired) electrons. The van der Waals surface area contributed by atoms with E-state index in [2.05, 4.69) is 123 Å². The molecule has 2 atom stereocenters. The van der Waals surface area contributed by atoms with Gasteiger partial charge in [-0.1, -0.05) is 99.4 Å². The number of likely N-dealkylation sites (tertiary alicyclic amines) is 1. The van der Waals surface area contributed by atoms with E-state index in [1.807, 2.05) is 0 Å². The van der Waals surface area contributed by atoms with Gasteiger partial charge in [-0.05, 0) is 130 Å². The Balaban J connectivity index is 0.957. The summed E-state index contributed by atoms with van der Waals surface area (Å²) in [7, 11) is 1.68. The van der Waals surface area contributed by atoms with Crippen molar-refractivity contribution in [2.75, 3.05) is 46.9 Å². The minimum Gasteiger partial charge on any atom is -0.493 e. The predicted molar refractivity (Wildman–Crippen MR) is 216 cm³/mol. The summed E-state index contributed by atoms with van der Waals surface area (Å²) in [6.45, 7) is 13.3. The molecule has 3 aliphatic rings. The quantitative estimate of drug-likeness (QED) is 0.115. The second-order valence-electron chi connectivity index (χ2n) is 17.6. The third-order valence-corrected chi connectivity index (χ3v) is 17.4. The predicted octanol–water partition coefficient (Wildman–Crippen LogP) is 8.71. The second kappa shape index (κ2) is 16.6. The zero-order valence-corrected chi connectivity index (χ0v) is 33.6. The van der Waals surface area contributed by atoms with Crippen LogP contribution in [0.2, 0.25) is 5.04 Å². The minimum absolute atomic E-state index is 0.0153. The Morgan fingerprint density at radius 3 is 2.06 bits per heavy atom. The van der Waals surface area contributed by atoms with Crippen LogP contribution in [0.3, 0.4) is 0 Å². The summed E-state index contributed by atoms with van der Waals surface area (Å²) in [6, 6.07) is 26.7. The molecule has 3 fully saturated rings. The number of fused-ring (bicyclic) bond motifs is 1. The zero-order chi connectivity index (χ0) is 36.1. The molecule has 1 aliphatic heterocycles. The molecular weight excluding hydrogens is 659 g/mol. The van der Waals surface area contributed by atoms with E-state index in [4.69, 9.17) is 13.7 Å². The maximum absolute atomic E-state index is 7.49. The van der Waals surface area contributed by atoms with Crippen LogP contribution in [0.4, 0.5) is 0 Å². The molecule has 0 bridgehead atoms. The summed E-state index contributed by atoms with van der Waals surface area (Å²) >= 11 is 0. The molecule has 6 nitrogen and oxygen atoms in total. The lowest BCUT2D eigenvalue weighted by molar-refractivity contribution is 0.0865. The van der Waals surface area contributed by atoms with E-state index in [1.54, 1.807) is 0 Å². The first-order chi connectivity index (χ1) is 25.2. The minimum atomic E-state index is -2.53. The van der Waals surface area contributed by atoms with Gasteiger partial charge in [-0.2, -0.15) is 0 Å². The summed E-state index contributed by atoms with van der Waals surface area (Å²) in [5.41, 5.74) is 3.15. The summed E-state index contributed by atoms with van der Waals surface area (Å²) in [6.07, 6.45) is 12.6. The highest BCUT2D eigenvalue weighted by atomic mass is 28.4. The van der Waals surface area contributed by atoms with Gasteiger partial charge in [0.2, 0.25) is 0 Å². The molecule has 0 amide bonds. The highest BCUT2D eigenvalue weighted by Crippen LogP contribution is 2.40. The first-order valence-electron chi connectivity index (χ1n) is 20.4. The van der Waals surface area contributed by atoms with Gasteiger partial charge in [-0.15, -0.1) is 0 Å². The van der Waals surface area contributed by atoms with E-state index >= 15 is 0 Å². The Labute approximate surface area is 314 Å². The zero-order valence-electron chi connectivity index (χ0n) is 32.6. The maximum Gasteiger partial charge on any atom is 0.261 e. The Morgan fingerprint density at radius 2 is 1.44 bits per heavy atom. The van der Waals surface area contributed by atoms with Crippen molar-refractivity contribution in [2.24, 2.45) is 23.7 Å². The Morgan fingerprint density at radius 1 is 0.788 bits per heavy atom. The van der Waals surface area contributed by atoms with Gasteiger partial charge < -0.3 is 23.5 Å². The smallest absolute Gasteiger partial charge is 0.261 e. The fourth-order valence-electron chi connectivity index (χ4n) is 9.23. The number of rotatable bonds is 15. The van der Waals surface area contributed by atoms with E-state index in [-0.39, 0.29) is 5.04 Å². The molecule has 0 spiro atoms. The Hall–Kier alpha value is -2.97. The van der Waals surface area contributed by atoms with Gasteiger partial charge in [0.05, 0.1) is 17.9 Å². The van der Waals surface area contributed by atoms with E-state index in [1.165, 1.54) is 87.8 Å². The molecule has 2 saturated carbocycles. The van der Waals surface area contributed by atoms with E-state index < -0.39 is 8.32 Å². The molecule has 7 heteroatoms. The highest BCUT2D eigenvalue weighted by molar-refractivity contribution is 6.99. The highest BCUT2D eigenvalue weighted by Gasteiger charge is 2.50. The van der Waals surface area contributed by atoms with E-state index in [0.29, 0.717) is 11.8 Å². The normalized spacial score (nSPS) is 20.9. The van der Waals surface area contributed by atoms with Crippen LogP contribution in [0, 0.1) is 23.7 Å². The molecule has 52 heavy (non-hydrogen) atoms. The molecule has 0 N–H and O–H groups in total. The van der Waals surface area contributed by atoms with Gasteiger partial charge in [0.1, 0.15) is 5.75 Å². The van der Waals surface area contributed by atoms with Crippen LogP contribution in [0.5, 0.6) is 5.75 Å². The fraction of sp³-hybridized carbons (Fsp3) is 0.578. The van der Waals surface area contributed by atoms with Crippen molar-refractivity contribution >= 4 is 29.7 Å². The van der Waals surface area contributed by atoms with Crippen molar-refractivity contribution in [1.82, 2.24) is 15.0 Å². The molecule has 2 heterocycles. The van der Waals surface area contributed by atoms with Gasteiger partial charge in [-0.3, -0.25) is 0 Å². The lowest BCUT2D eigenvalue weighted by Gasteiger charge is -2.45. The number of hydrogen-bond acceptors (Lipinski definition) is 6. The van der Waals surface area contributed by atoms with Crippen molar-refractivity contribution in [2.45, 2.75) is 96.6 Å². The van der Waals surface area contributed by atoms with Gasteiger partial charge in [-0.25, -0.2) is 0 Å². The van der Waals surface area contributed by atoms with Crippen molar-refractivity contribution in [1.29, 1.82) is 0 Å². The van der Waals surface area contributed by atoms with Gasteiger partial charge in [0.25, 0.3) is 8.32 Å². The van der Waals surface area contributed by atoms with Crippen molar-refractivity contribution in [3.63, 3.8) is 0 Å². The summed E-state index contributed by atoms with van der Waals surface area (Å²) in [5, 5.41) is 8.57. The molecule has 4 aromatic rings. The fourth-order valence-corrected chi connectivity index (χ4v) is 13.9. The molecule has 2 aliphatic carbocycles. The summed E-state index contributed by atoms with van der Waals surface area (Å²) in [5.74, 6) is 3.74. The van der Waals surface area contributed by atoms with Crippen LogP contribution in [0.15, 0.2) is 77.3 Å². The Kier molecular flexibility index (Phi) is 11.9. The third-order valence-electron chi connectivity index (χ3n) is 12.4. The van der Waals surface area contributed by atoms with Crippen LogP contribution < -0.4 is 15.1 Å². The number of aryl methyl sites for hydroxylation is 1. The first-order valence-corrected chi connectivity index (χ1v) is 22.3. The number of hydrogen-bond donors (Lipinski definition) is 0. The monoisotopic (exact) mass is 721 g/mol. The molecule has 280 valence electrons. The van der Waals surface area contributed by atoms with Crippen LogP contribution in [0.1, 0.15) is 89.8 Å². The largest absolute Gasteiger partial charge is 0.493 e. The lowest BCUT2D eigenvalue weighted by atomic mass is 9.79. The van der Waals surface area contributed by atoms with Crippen LogP contribution in [-0.2, 0) is 17.4 Å². The second-order valence-corrected chi connectivity index (χ2v) is 21.9. The van der Waals surface area contributed by atoms with Crippen molar-refractivity contribution < 1.29 is 13.7 Å². The van der Waals surface area contributed by atoms with E-state index in [0.717, 1.165) is 66.0 Å². The first kappa shape index (κ1) is 37.3. The standard InChI is InChI=1S/C45H63N3O3Si/c1-45(2,3)52(38-16-8-6-9-17-38,39-18-10-7-11-19-39)50-33-37-15-13-12-14-36(37)30-48-28-26-34(27-29-48)22-24-42-40-23-25-43(49-32-35-20-21-35)41(31-47(4)5)44(40)51-46-42/h6-11,16-19,23,25,34-37H,12-15,20-22,24,26-33H2,1-5H3/t36-,37+/m0/s1. The topological polar surface area (TPSA) is 51.0 Å². The lowest BCUT2D eigenvalue weighted by Crippen LogP contribution is -2.67. The summed E-state index contributed by atoms with van der Waals surface area (Å²) in [4.78, 5) is 4.97. The van der Waals surface area contributed by atoms with Gasteiger partial charge in [0.15, 0.2) is 5.58 Å². The summed E-state index contributed by atoms with van der Waals surface area (Å²) < 4.78 is 19.8. The molecule has 1 saturated heterocycles. The number of benzene rings is 3. The molecular formula is C45H63N3O3Si. The average molecular weight is 722 g/mol. The van der Waals surface area contributed by atoms with Crippen molar-refractivity contribution in [3.05, 3.63) is 84.1 Å². The number of nitrogens with zero attached hydrogens (tertiary/aromatic N) is 3. The molecule has 0 unspecified atom stereocenters. The molecule has 1 aromatic heterocycles. The van der Waals surface area contributed by atoms with Gasteiger partial charge >= 0.3 is 0 Å². The molecule has 7 rings (SSSR count). The SMILES string of the molecule is CN(C)Cc1c(OCC2CC2)ccc2c(CCC3CCN(C[C@@H]4CCCC[C@@H]4CO[Si](c4ccccc4)(c4ccccc4)C(C)(C)C)CC3)noc12. The molecule has 3 aromatic carbocycles. The number of piperidine rings is 1. The van der Waals surface area contributed by atoms with Gasteiger partial charge in [0, 0.05) is 25.1 Å². The van der Waals surface area contributed by atoms with Crippen LogP contribution in [0.25, 0.3) is 11.0 Å². The Bertz CT molecular complexity index is 1670. The number of aromatic nitrogens is 1.